The van der Waals surface area contributed by atoms with Crippen molar-refractivity contribution < 1.29 is 17.9 Å². The zero-order chi connectivity index (χ0) is 26.4. The van der Waals surface area contributed by atoms with E-state index in [1.54, 1.807) is 42.5 Å². The number of aryl methyl sites for hydroxylation is 1. The van der Waals surface area contributed by atoms with E-state index >= 15 is 0 Å². The molecular formula is C29H29ClN2O4S. The largest absolute Gasteiger partial charge is 0.492 e. The van der Waals surface area contributed by atoms with Crippen LogP contribution in [0.15, 0.2) is 90.4 Å². The fourth-order valence-electron chi connectivity index (χ4n) is 4.31. The van der Waals surface area contributed by atoms with Gasteiger partial charge in [0, 0.05) is 16.2 Å². The van der Waals surface area contributed by atoms with Crippen LogP contribution in [-0.2, 0) is 21.2 Å². The number of amides is 1. The van der Waals surface area contributed by atoms with Gasteiger partial charge < -0.3 is 10.1 Å². The first-order valence-corrected chi connectivity index (χ1v) is 13.9. The SMILES string of the molecule is C=CCN1c2ccc(Cl)cc2C(c2ccccc2)=C(C(=O)NCCOc2ccc(CCC)cc2)S1(=O)=O. The lowest BCUT2D eigenvalue weighted by Gasteiger charge is -2.33. The van der Waals surface area contributed by atoms with Gasteiger partial charge in [0.05, 0.1) is 18.8 Å². The average Bonchev–Trinajstić information content (AvgIpc) is 2.89. The minimum absolute atomic E-state index is 0.00690. The van der Waals surface area contributed by atoms with Crippen LogP contribution in [0.2, 0.25) is 5.02 Å². The minimum Gasteiger partial charge on any atom is -0.492 e. The summed E-state index contributed by atoms with van der Waals surface area (Å²) >= 11 is 6.31. The normalized spacial score (nSPS) is 14.2. The number of hydrogen-bond donors (Lipinski definition) is 1. The van der Waals surface area contributed by atoms with Crippen LogP contribution in [0, 0.1) is 0 Å². The highest BCUT2D eigenvalue weighted by Gasteiger charge is 2.40. The van der Waals surface area contributed by atoms with Gasteiger partial charge in [0.25, 0.3) is 15.9 Å². The van der Waals surface area contributed by atoms with E-state index in [-0.39, 0.29) is 24.6 Å². The van der Waals surface area contributed by atoms with Crippen molar-refractivity contribution in [3.05, 3.63) is 112 Å². The van der Waals surface area contributed by atoms with Crippen LogP contribution < -0.4 is 14.4 Å². The Balaban J connectivity index is 1.65. The Morgan fingerprint density at radius 2 is 1.81 bits per heavy atom. The molecule has 6 nitrogen and oxygen atoms in total. The first-order chi connectivity index (χ1) is 17.9. The van der Waals surface area contributed by atoms with Crippen LogP contribution in [0.5, 0.6) is 5.75 Å². The number of anilines is 1. The molecule has 0 fully saturated rings. The lowest BCUT2D eigenvalue weighted by Crippen LogP contribution is -2.42. The van der Waals surface area contributed by atoms with Crippen molar-refractivity contribution in [1.29, 1.82) is 0 Å². The van der Waals surface area contributed by atoms with Crippen molar-refractivity contribution in [2.45, 2.75) is 19.8 Å². The Morgan fingerprint density at radius 3 is 2.49 bits per heavy atom. The summed E-state index contributed by atoms with van der Waals surface area (Å²) in [4.78, 5) is 13.1. The number of hydrogen-bond acceptors (Lipinski definition) is 4. The van der Waals surface area contributed by atoms with Gasteiger partial charge in [-0.3, -0.25) is 9.10 Å². The average molecular weight is 537 g/mol. The van der Waals surface area contributed by atoms with Gasteiger partial charge in [-0.05, 0) is 47.9 Å². The number of nitrogens with zero attached hydrogens (tertiary/aromatic N) is 1. The second-order valence-corrected chi connectivity index (χ2v) is 10.8. The Bertz CT molecular complexity index is 1420. The number of carbonyl (C=O) groups is 1. The first kappa shape index (κ1) is 26.5. The molecule has 1 heterocycles. The van der Waals surface area contributed by atoms with Gasteiger partial charge in [-0.1, -0.05) is 73.5 Å². The van der Waals surface area contributed by atoms with E-state index < -0.39 is 15.9 Å². The molecule has 4 rings (SSSR count). The Morgan fingerprint density at radius 1 is 1.08 bits per heavy atom. The molecule has 3 aromatic carbocycles. The van der Waals surface area contributed by atoms with E-state index in [9.17, 15) is 13.2 Å². The maximum Gasteiger partial charge on any atom is 0.270 e. The number of fused-ring (bicyclic) bond motifs is 1. The number of ether oxygens (including phenoxy) is 1. The van der Waals surface area contributed by atoms with Crippen LogP contribution in [0.4, 0.5) is 5.69 Å². The van der Waals surface area contributed by atoms with Crippen LogP contribution in [0.1, 0.15) is 30.0 Å². The van der Waals surface area contributed by atoms with E-state index in [0.717, 1.165) is 12.8 Å². The molecule has 1 aliphatic rings. The summed E-state index contributed by atoms with van der Waals surface area (Å²) in [5.74, 6) is -0.0234. The molecule has 37 heavy (non-hydrogen) atoms. The summed E-state index contributed by atoms with van der Waals surface area (Å²) in [6.45, 7) is 6.14. The summed E-state index contributed by atoms with van der Waals surface area (Å²) in [5, 5.41) is 3.16. The number of rotatable bonds is 10. The Kier molecular flexibility index (Phi) is 8.36. The van der Waals surface area contributed by atoms with Crippen molar-refractivity contribution in [3.63, 3.8) is 0 Å². The lowest BCUT2D eigenvalue weighted by molar-refractivity contribution is -0.116. The Hall–Kier alpha value is -3.55. The van der Waals surface area contributed by atoms with Crippen LogP contribution >= 0.6 is 11.6 Å². The predicted molar refractivity (Wildman–Crippen MR) is 149 cm³/mol. The Labute approximate surface area is 223 Å². The molecule has 0 radical (unpaired) electrons. The molecule has 0 spiro atoms. The third-order valence-electron chi connectivity index (χ3n) is 5.95. The molecule has 1 aliphatic heterocycles. The van der Waals surface area contributed by atoms with E-state index in [1.807, 2.05) is 30.3 Å². The number of carbonyl (C=O) groups excluding carboxylic acids is 1. The fraction of sp³-hybridized carbons (Fsp3) is 0.207. The molecule has 1 N–H and O–H groups in total. The van der Waals surface area contributed by atoms with Crippen molar-refractivity contribution in [2.24, 2.45) is 0 Å². The van der Waals surface area contributed by atoms with E-state index in [2.05, 4.69) is 18.8 Å². The minimum atomic E-state index is -4.20. The number of benzene rings is 3. The standard InChI is InChI=1S/C29H29ClN2O4S/c1-3-8-21-11-14-24(15-12-21)36-19-17-31-29(33)28-27(22-9-6-5-7-10-22)25-20-23(30)13-16-26(25)32(18-4-2)37(28,34)35/h4-7,9-16,20H,2-3,8,17-19H2,1H3,(H,31,33). The maximum absolute atomic E-state index is 13.8. The summed E-state index contributed by atoms with van der Waals surface area (Å²) in [5.41, 5.74) is 3.14. The summed E-state index contributed by atoms with van der Waals surface area (Å²) < 4.78 is 34.6. The molecule has 0 atom stereocenters. The summed E-state index contributed by atoms with van der Waals surface area (Å²) in [7, 11) is -4.20. The third-order valence-corrected chi connectivity index (χ3v) is 8.02. The maximum atomic E-state index is 13.8. The smallest absolute Gasteiger partial charge is 0.270 e. The molecule has 0 unspecified atom stereocenters. The highest BCUT2D eigenvalue weighted by atomic mass is 35.5. The molecule has 1 amide bonds. The van der Waals surface area contributed by atoms with E-state index in [4.69, 9.17) is 16.3 Å². The number of nitrogens with one attached hydrogen (secondary N) is 1. The van der Waals surface area contributed by atoms with Crippen LogP contribution in [-0.4, -0.2) is 34.0 Å². The summed E-state index contributed by atoms with van der Waals surface area (Å²) in [6.07, 6.45) is 3.55. The van der Waals surface area contributed by atoms with Gasteiger partial charge >= 0.3 is 0 Å². The predicted octanol–water partition coefficient (Wildman–Crippen LogP) is 5.58. The molecule has 0 bridgehead atoms. The highest BCUT2D eigenvalue weighted by Crippen LogP contribution is 2.43. The molecule has 0 saturated carbocycles. The number of sulfonamides is 1. The van der Waals surface area contributed by atoms with Gasteiger partial charge in [-0.15, -0.1) is 6.58 Å². The van der Waals surface area contributed by atoms with Gasteiger partial charge in [0.15, 0.2) is 4.91 Å². The van der Waals surface area contributed by atoms with Gasteiger partial charge in [0.2, 0.25) is 0 Å². The summed E-state index contributed by atoms with van der Waals surface area (Å²) in [6, 6.07) is 21.7. The molecule has 3 aromatic rings. The van der Waals surface area contributed by atoms with Crippen molar-refractivity contribution in [3.8, 4) is 5.75 Å². The molecule has 0 aromatic heterocycles. The fourth-order valence-corrected chi connectivity index (χ4v) is 6.21. The van der Waals surface area contributed by atoms with Crippen molar-refractivity contribution in [1.82, 2.24) is 5.32 Å². The highest BCUT2D eigenvalue weighted by molar-refractivity contribution is 7.97. The molecular weight excluding hydrogens is 508 g/mol. The third kappa shape index (κ3) is 5.73. The monoisotopic (exact) mass is 536 g/mol. The molecule has 0 aliphatic carbocycles. The zero-order valence-corrected chi connectivity index (χ0v) is 22.2. The van der Waals surface area contributed by atoms with Gasteiger partial charge in [0.1, 0.15) is 12.4 Å². The van der Waals surface area contributed by atoms with Crippen molar-refractivity contribution >= 4 is 38.8 Å². The van der Waals surface area contributed by atoms with Crippen LogP contribution in [0.25, 0.3) is 5.57 Å². The van der Waals surface area contributed by atoms with Crippen molar-refractivity contribution in [2.75, 3.05) is 24.0 Å². The lowest BCUT2D eigenvalue weighted by atomic mass is 9.95. The second kappa shape index (κ2) is 11.7. The zero-order valence-electron chi connectivity index (χ0n) is 20.6. The second-order valence-electron chi connectivity index (χ2n) is 8.55. The first-order valence-electron chi connectivity index (χ1n) is 12.1. The number of halogens is 1. The van der Waals surface area contributed by atoms with Gasteiger partial charge in [-0.2, -0.15) is 0 Å². The van der Waals surface area contributed by atoms with Crippen LogP contribution in [0.3, 0.4) is 0 Å². The van der Waals surface area contributed by atoms with E-state index in [1.165, 1.54) is 15.9 Å². The molecule has 0 saturated heterocycles. The molecule has 8 heteroatoms. The topological polar surface area (TPSA) is 75.7 Å². The van der Waals surface area contributed by atoms with Gasteiger partial charge in [-0.25, -0.2) is 8.42 Å². The van der Waals surface area contributed by atoms with E-state index in [0.29, 0.717) is 33.2 Å². The molecule has 192 valence electrons. The quantitative estimate of drug-likeness (QED) is 0.271.